The van der Waals surface area contributed by atoms with Gasteiger partial charge in [0.2, 0.25) is 0 Å². The Hall–Kier alpha value is -0.0600. The minimum atomic E-state index is -0.435. The zero-order chi connectivity index (χ0) is 10.7. The van der Waals surface area contributed by atoms with Gasteiger partial charge in [0.05, 0.1) is 15.9 Å². The Bertz CT molecular complexity index is 343. The number of carbonyl (C=O) groups excluding carboxylic acids is 1. The summed E-state index contributed by atoms with van der Waals surface area (Å²) < 4.78 is 6.43. The molecule has 5 heteroatoms. The van der Waals surface area contributed by atoms with Crippen molar-refractivity contribution in [1.29, 1.82) is 0 Å². The summed E-state index contributed by atoms with van der Waals surface area (Å²) in [6.07, 6.45) is 1.32. The van der Waals surface area contributed by atoms with Crippen molar-refractivity contribution in [1.82, 2.24) is 0 Å². The Labute approximate surface area is 104 Å². The Balaban J connectivity index is 3.02. The van der Waals surface area contributed by atoms with E-state index >= 15 is 0 Å². The van der Waals surface area contributed by atoms with E-state index in [1.54, 1.807) is 19.1 Å². The Morgan fingerprint density at radius 1 is 1.50 bits per heavy atom. The number of hydrogen-bond donors (Lipinski definition) is 0. The maximum atomic E-state index is 11.0. The van der Waals surface area contributed by atoms with E-state index in [0.717, 1.165) is 4.47 Å². The second kappa shape index (κ2) is 5.14. The van der Waals surface area contributed by atoms with Gasteiger partial charge in [-0.3, -0.25) is 4.79 Å². The van der Waals surface area contributed by atoms with Crippen LogP contribution in [-0.2, 0) is 4.79 Å². The maximum Gasteiger partial charge on any atom is 0.315 e. The molecule has 0 amide bonds. The molecule has 0 fully saturated rings. The number of benzene rings is 1. The minimum absolute atomic E-state index is 0.331. The first-order chi connectivity index (χ1) is 6.54. The molecule has 0 aliphatic rings. The molecule has 1 aromatic rings. The normalized spacial score (nSPS) is 10.0. The monoisotopic (exact) mass is 339 g/mol. The SMILES string of the molecule is C[CH]C(=O)Oc1c(Cl)cc(Br)cc1Br. The molecule has 0 unspecified atom stereocenters. The van der Waals surface area contributed by atoms with E-state index in [1.807, 2.05) is 0 Å². The topological polar surface area (TPSA) is 26.3 Å². The van der Waals surface area contributed by atoms with Gasteiger partial charge >= 0.3 is 5.97 Å². The van der Waals surface area contributed by atoms with Crippen LogP contribution in [0, 0.1) is 6.42 Å². The third-order valence-corrected chi connectivity index (χ3v) is 2.73. The van der Waals surface area contributed by atoms with Crippen molar-refractivity contribution in [2.75, 3.05) is 0 Å². The molecule has 0 heterocycles. The van der Waals surface area contributed by atoms with Crippen LogP contribution < -0.4 is 4.74 Å². The first kappa shape index (κ1) is 12.0. The molecule has 0 spiro atoms. The number of ether oxygens (including phenoxy) is 1. The van der Waals surface area contributed by atoms with Crippen LogP contribution in [-0.4, -0.2) is 5.97 Å². The standard InChI is InChI=1S/C9H6Br2ClO2/c1-2-8(13)14-9-6(11)3-5(10)4-7(9)12/h2-4H,1H3. The Morgan fingerprint density at radius 2 is 2.14 bits per heavy atom. The molecule has 0 bridgehead atoms. The van der Waals surface area contributed by atoms with Crippen LogP contribution in [0.4, 0.5) is 0 Å². The highest BCUT2D eigenvalue weighted by atomic mass is 79.9. The predicted octanol–water partition coefficient (Wildman–Crippen LogP) is 3.99. The zero-order valence-electron chi connectivity index (χ0n) is 7.18. The largest absolute Gasteiger partial charge is 0.423 e. The van der Waals surface area contributed by atoms with Gasteiger partial charge in [0.15, 0.2) is 5.75 Å². The molecule has 14 heavy (non-hydrogen) atoms. The van der Waals surface area contributed by atoms with Crippen LogP contribution in [0.1, 0.15) is 6.92 Å². The van der Waals surface area contributed by atoms with Gasteiger partial charge in [-0.1, -0.05) is 34.5 Å². The van der Waals surface area contributed by atoms with Gasteiger partial charge in [-0.15, -0.1) is 0 Å². The van der Waals surface area contributed by atoms with E-state index in [2.05, 4.69) is 31.9 Å². The van der Waals surface area contributed by atoms with Crippen LogP contribution in [0.15, 0.2) is 21.1 Å². The first-order valence-corrected chi connectivity index (χ1v) is 5.66. The predicted molar refractivity (Wildman–Crippen MR) is 62.5 cm³/mol. The third-order valence-electron chi connectivity index (χ3n) is 1.40. The van der Waals surface area contributed by atoms with Crippen LogP contribution in [0.3, 0.4) is 0 Å². The molecule has 0 aliphatic carbocycles. The molecule has 1 rings (SSSR count). The van der Waals surface area contributed by atoms with Crippen LogP contribution in [0.2, 0.25) is 5.02 Å². The molecule has 0 aromatic heterocycles. The van der Waals surface area contributed by atoms with E-state index in [-0.39, 0.29) is 0 Å². The van der Waals surface area contributed by atoms with E-state index in [0.29, 0.717) is 15.2 Å². The van der Waals surface area contributed by atoms with Crippen molar-refractivity contribution in [3.05, 3.63) is 32.5 Å². The van der Waals surface area contributed by atoms with Crippen LogP contribution in [0.5, 0.6) is 5.75 Å². The fourth-order valence-corrected chi connectivity index (χ4v) is 2.60. The first-order valence-electron chi connectivity index (χ1n) is 3.70. The highest BCUT2D eigenvalue weighted by molar-refractivity contribution is 9.11. The second-order valence-electron chi connectivity index (χ2n) is 2.41. The van der Waals surface area contributed by atoms with Crippen LogP contribution in [0.25, 0.3) is 0 Å². The highest BCUT2D eigenvalue weighted by Crippen LogP contribution is 2.36. The van der Waals surface area contributed by atoms with Crippen molar-refractivity contribution in [2.24, 2.45) is 0 Å². The second-order valence-corrected chi connectivity index (χ2v) is 4.59. The number of halogens is 3. The summed E-state index contributed by atoms with van der Waals surface area (Å²) in [7, 11) is 0. The van der Waals surface area contributed by atoms with Gasteiger partial charge < -0.3 is 4.74 Å². The van der Waals surface area contributed by atoms with E-state index in [4.69, 9.17) is 16.3 Å². The van der Waals surface area contributed by atoms with Crippen LogP contribution >= 0.6 is 43.5 Å². The van der Waals surface area contributed by atoms with Gasteiger partial charge in [-0.2, -0.15) is 0 Å². The lowest BCUT2D eigenvalue weighted by Crippen LogP contribution is -2.07. The summed E-state index contributed by atoms with van der Waals surface area (Å²) >= 11 is 12.4. The lowest BCUT2D eigenvalue weighted by atomic mass is 10.3. The summed E-state index contributed by atoms with van der Waals surface area (Å²) in [5, 5.41) is 0.376. The number of hydrogen-bond acceptors (Lipinski definition) is 2. The van der Waals surface area contributed by atoms with E-state index < -0.39 is 5.97 Å². The van der Waals surface area contributed by atoms with Gasteiger partial charge in [0.1, 0.15) is 0 Å². The molecule has 1 aromatic carbocycles. The summed E-state index contributed by atoms with van der Waals surface area (Å²) in [5.41, 5.74) is 0. The van der Waals surface area contributed by atoms with E-state index in [1.165, 1.54) is 6.42 Å². The van der Waals surface area contributed by atoms with Crippen molar-refractivity contribution < 1.29 is 9.53 Å². The lowest BCUT2D eigenvalue weighted by Gasteiger charge is -2.07. The van der Waals surface area contributed by atoms with Gasteiger partial charge in [-0.05, 0) is 28.1 Å². The van der Waals surface area contributed by atoms with E-state index in [9.17, 15) is 4.79 Å². The zero-order valence-corrected chi connectivity index (χ0v) is 11.1. The van der Waals surface area contributed by atoms with Crippen molar-refractivity contribution >= 4 is 49.4 Å². The van der Waals surface area contributed by atoms with Gasteiger partial charge in [0.25, 0.3) is 0 Å². The average Bonchev–Trinajstić information content (AvgIpc) is 2.10. The molecule has 0 saturated heterocycles. The molecule has 0 saturated carbocycles. The average molecular weight is 341 g/mol. The molecule has 75 valence electrons. The van der Waals surface area contributed by atoms with Crippen molar-refractivity contribution in [3.63, 3.8) is 0 Å². The molecular formula is C9H6Br2ClO2. The van der Waals surface area contributed by atoms with Gasteiger partial charge in [-0.25, -0.2) is 0 Å². The molecule has 1 radical (unpaired) electrons. The third kappa shape index (κ3) is 2.97. The van der Waals surface area contributed by atoms with Gasteiger partial charge in [0, 0.05) is 4.47 Å². The Morgan fingerprint density at radius 3 is 2.64 bits per heavy atom. The quantitative estimate of drug-likeness (QED) is 0.600. The molecule has 0 atom stereocenters. The summed E-state index contributed by atoms with van der Waals surface area (Å²) in [4.78, 5) is 11.0. The fourth-order valence-electron chi connectivity index (χ4n) is 0.786. The van der Waals surface area contributed by atoms with Crippen molar-refractivity contribution in [3.8, 4) is 5.75 Å². The maximum absolute atomic E-state index is 11.0. The molecule has 0 N–H and O–H groups in total. The highest BCUT2D eigenvalue weighted by Gasteiger charge is 2.11. The Kier molecular flexibility index (Phi) is 4.41. The smallest absolute Gasteiger partial charge is 0.315 e. The fraction of sp³-hybridized carbons (Fsp3) is 0.111. The summed E-state index contributed by atoms with van der Waals surface area (Å²) in [6.45, 7) is 1.60. The summed E-state index contributed by atoms with van der Waals surface area (Å²) in [5.74, 6) is -0.104. The molecular weight excluding hydrogens is 335 g/mol. The minimum Gasteiger partial charge on any atom is -0.423 e. The number of esters is 1. The molecule has 0 aliphatic heterocycles. The number of rotatable bonds is 2. The van der Waals surface area contributed by atoms with Crippen molar-refractivity contribution in [2.45, 2.75) is 6.92 Å². The molecule has 2 nitrogen and oxygen atoms in total. The number of carbonyl (C=O) groups is 1. The summed E-state index contributed by atoms with van der Waals surface area (Å²) in [6, 6.07) is 3.41. The lowest BCUT2D eigenvalue weighted by molar-refractivity contribution is -0.130.